The van der Waals surface area contributed by atoms with Gasteiger partial charge in [-0.1, -0.05) is 17.7 Å². The number of carbonyl (C=O) groups excluding carboxylic acids is 1. The molecule has 4 rings (SSSR count). The lowest BCUT2D eigenvalue weighted by atomic mass is 10.2. The van der Waals surface area contributed by atoms with Crippen molar-refractivity contribution < 1.29 is 13.9 Å². The summed E-state index contributed by atoms with van der Waals surface area (Å²) in [6.45, 7) is 4.62. The van der Waals surface area contributed by atoms with Crippen LogP contribution < -0.4 is 15.0 Å². The van der Waals surface area contributed by atoms with Gasteiger partial charge in [0.15, 0.2) is 0 Å². The van der Waals surface area contributed by atoms with E-state index < -0.39 is 5.82 Å². The zero-order valence-corrected chi connectivity index (χ0v) is 18.6. The number of anilines is 1. The van der Waals surface area contributed by atoms with E-state index in [0.717, 1.165) is 11.4 Å². The molecule has 10 heteroatoms. The number of aryl methyl sites for hydroxylation is 1. The topological polar surface area (TPSA) is 75.5 Å². The quantitative estimate of drug-likeness (QED) is 0.634. The number of nitrogens with one attached hydrogen (secondary N) is 1. The molecule has 0 aliphatic carbocycles. The van der Waals surface area contributed by atoms with E-state index in [2.05, 4.69) is 20.3 Å². The zero-order valence-electron chi connectivity index (χ0n) is 17.9. The first-order valence-corrected chi connectivity index (χ1v) is 10.6. The second-order valence-corrected chi connectivity index (χ2v) is 7.87. The average molecular weight is 459 g/mol. The van der Waals surface area contributed by atoms with Crippen molar-refractivity contribution in [1.82, 2.24) is 25.0 Å². The minimum atomic E-state index is -0.401. The summed E-state index contributed by atoms with van der Waals surface area (Å²) in [5, 5.41) is 7.50. The van der Waals surface area contributed by atoms with Crippen molar-refractivity contribution in [1.29, 1.82) is 0 Å². The second-order valence-electron chi connectivity index (χ2n) is 7.46. The highest BCUT2D eigenvalue weighted by molar-refractivity contribution is 6.31. The average Bonchev–Trinajstić information content (AvgIpc) is 3.24. The van der Waals surface area contributed by atoms with E-state index in [4.69, 9.17) is 16.3 Å². The molecular weight excluding hydrogens is 435 g/mol. The number of hydrogen-bond donors (Lipinski definition) is 1. The maximum absolute atomic E-state index is 13.2. The van der Waals surface area contributed by atoms with E-state index in [1.54, 1.807) is 29.1 Å². The summed E-state index contributed by atoms with van der Waals surface area (Å²) in [6, 6.07) is 9.92. The van der Waals surface area contributed by atoms with Crippen molar-refractivity contribution in [3.63, 3.8) is 0 Å². The molecule has 32 heavy (non-hydrogen) atoms. The number of hydrogen-bond acceptors (Lipinski definition) is 5. The van der Waals surface area contributed by atoms with Gasteiger partial charge in [-0.3, -0.25) is 0 Å². The lowest BCUT2D eigenvalue weighted by Crippen LogP contribution is -2.51. The molecule has 1 aliphatic heterocycles. The molecule has 8 nitrogen and oxygen atoms in total. The monoisotopic (exact) mass is 458 g/mol. The van der Waals surface area contributed by atoms with Crippen LogP contribution in [0, 0.1) is 12.7 Å². The van der Waals surface area contributed by atoms with Gasteiger partial charge in [0.1, 0.15) is 29.4 Å². The number of urea groups is 1. The fourth-order valence-electron chi connectivity index (χ4n) is 3.63. The molecule has 0 radical (unpaired) electrons. The van der Waals surface area contributed by atoms with Crippen LogP contribution in [0.4, 0.5) is 14.9 Å². The SMILES string of the molecule is COc1cc(N2CCN(C(=O)NCc3ccc(F)cc3Cl)CC2)ccc1-n1cnc(C)n1. The number of aromatic nitrogens is 3. The molecule has 1 fully saturated rings. The van der Waals surface area contributed by atoms with Crippen molar-refractivity contribution in [2.24, 2.45) is 0 Å². The normalized spacial score (nSPS) is 13.9. The lowest BCUT2D eigenvalue weighted by molar-refractivity contribution is 0.194. The maximum atomic E-state index is 13.2. The molecule has 0 bridgehead atoms. The Balaban J connectivity index is 1.35. The highest BCUT2D eigenvalue weighted by Crippen LogP contribution is 2.29. The first kappa shape index (κ1) is 21.9. The number of halogens is 2. The Morgan fingerprint density at radius 2 is 1.97 bits per heavy atom. The van der Waals surface area contributed by atoms with E-state index in [1.165, 1.54) is 12.1 Å². The number of rotatable bonds is 5. The van der Waals surface area contributed by atoms with Crippen LogP contribution in [0.1, 0.15) is 11.4 Å². The van der Waals surface area contributed by atoms with Crippen molar-refractivity contribution in [3.05, 3.63) is 65.0 Å². The molecule has 3 aromatic rings. The van der Waals surface area contributed by atoms with E-state index in [-0.39, 0.29) is 12.6 Å². The number of nitrogens with zero attached hydrogens (tertiary/aromatic N) is 5. The summed E-state index contributed by atoms with van der Waals surface area (Å²) in [5.74, 6) is 0.984. The summed E-state index contributed by atoms with van der Waals surface area (Å²) in [4.78, 5) is 20.7. The zero-order chi connectivity index (χ0) is 22.7. The minimum absolute atomic E-state index is 0.167. The summed E-state index contributed by atoms with van der Waals surface area (Å²) >= 11 is 6.03. The van der Waals surface area contributed by atoms with Gasteiger partial charge in [0.2, 0.25) is 0 Å². The summed E-state index contributed by atoms with van der Waals surface area (Å²) in [7, 11) is 1.63. The Morgan fingerprint density at radius 3 is 2.62 bits per heavy atom. The van der Waals surface area contributed by atoms with Crippen molar-refractivity contribution in [2.45, 2.75) is 13.5 Å². The predicted octanol–water partition coefficient (Wildman–Crippen LogP) is 3.41. The lowest BCUT2D eigenvalue weighted by Gasteiger charge is -2.36. The van der Waals surface area contributed by atoms with E-state index in [0.29, 0.717) is 48.3 Å². The fourth-order valence-corrected chi connectivity index (χ4v) is 3.86. The number of methoxy groups -OCH3 is 1. The smallest absolute Gasteiger partial charge is 0.317 e. The molecule has 1 N–H and O–H groups in total. The molecule has 1 aliphatic rings. The molecule has 168 valence electrons. The molecule has 2 aromatic carbocycles. The van der Waals surface area contributed by atoms with Crippen LogP contribution >= 0.6 is 11.6 Å². The van der Waals surface area contributed by atoms with Gasteiger partial charge < -0.3 is 19.9 Å². The van der Waals surface area contributed by atoms with Gasteiger partial charge >= 0.3 is 6.03 Å². The van der Waals surface area contributed by atoms with Gasteiger partial charge in [-0.25, -0.2) is 18.9 Å². The third-order valence-corrected chi connectivity index (χ3v) is 5.75. The summed E-state index contributed by atoms with van der Waals surface area (Å²) in [5.41, 5.74) is 2.50. The molecule has 0 spiro atoms. The Bertz CT molecular complexity index is 1110. The van der Waals surface area contributed by atoms with Crippen LogP contribution in [0.2, 0.25) is 5.02 Å². The first-order valence-electron chi connectivity index (χ1n) is 10.2. The number of piperazine rings is 1. The first-order chi connectivity index (χ1) is 15.4. The van der Waals surface area contributed by atoms with Crippen LogP contribution in [0.3, 0.4) is 0 Å². The molecule has 0 atom stereocenters. The van der Waals surface area contributed by atoms with Crippen LogP contribution in [-0.4, -0.2) is 59.0 Å². The van der Waals surface area contributed by atoms with Crippen LogP contribution in [0.25, 0.3) is 5.69 Å². The fraction of sp³-hybridized carbons (Fsp3) is 0.318. The molecular formula is C22H24ClFN6O2. The van der Waals surface area contributed by atoms with Gasteiger partial charge in [-0.05, 0) is 36.8 Å². The highest BCUT2D eigenvalue weighted by Gasteiger charge is 2.22. The molecule has 0 saturated carbocycles. The summed E-state index contributed by atoms with van der Waals surface area (Å²) < 4.78 is 20.4. The largest absolute Gasteiger partial charge is 0.494 e. The molecule has 1 aromatic heterocycles. The van der Waals surface area contributed by atoms with Gasteiger partial charge in [0.05, 0.1) is 7.11 Å². The van der Waals surface area contributed by atoms with Gasteiger partial charge in [0.25, 0.3) is 0 Å². The third-order valence-electron chi connectivity index (χ3n) is 5.39. The van der Waals surface area contributed by atoms with Crippen molar-refractivity contribution >= 4 is 23.3 Å². The number of carbonyl (C=O) groups is 1. The van der Waals surface area contributed by atoms with Crippen LogP contribution in [0.15, 0.2) is 42.7 Å². The molecule has 2 amide bonds. The Hall–Kier alpha value is -3.33. The van der Waals surface area contributed by atoms with E-state index in [9.17, 15) is 9.18 Å². The highest BCUT2D eigenvalue weighted by atomic mass is 35.5. The Kier molecular flexibility index (Phi) is 6.45. The standard InChI is InChI=1S/C22H24ClFN6O2/c1-15-26-14-30(27-15)20-6-5-18(12-21(20)32-2)28-7-9-29(10-8-28)22(31)25-13-16-3-4-17(24)11-19(16)23/h3-6,11-12,14H,7-10,13H2,1-2H3,(H,25,31). The van der Waals surface area contributed by atoms with E-state index in [1.807, 2.05) is 25.1 Å². The van der Waals surface area contributed by atoms with Crippen LogP contribution in [0.5, 0.6) is 5.75 Å². The van der Waals surface area contributed by atoms with E-state index >= 15 is 0 Å². The van der Waals surface area contributed by atoms with Gasteiger partial charge in [-0.15, -0.1) is 0 Å². The summed E-state index contributed by atoms with van der Waals surface area (Å²) in [6.07, 6.45) is 1.66. The van der Waals surface area contributed by atoms with Gasteiger partial charge in [0, 0.05) is 49.5 Å². The van der Waals surface area contributed by atoms with Gasteiger partial charge in [-0.2, -0.15) is 5.10 Å². The second kappa shape index (κ2) is 9.44. The minimum Gasteiger partial charge on any atom is -0.494 e. The maximum Gasteiger partial charge on any atom is 0.317 e. The Morgan fingerprint density at radius 1 is 1.19 bits per heavy atom. The Labute approximate surface area is 190 Å². The molecule has 1 saturated heterocycles. The van der Waals surface area contributed by atoms with Crippen LogP contribution in [-0.2, 0) is 6.54 Å². The number of amides is 2. The molecule has 0 unspecified atom stereocenters. The number of ether oxygens (including phenoxy) is 1. The third kappa shape index (κ3) is 4.77. The molecule has 2 heterocycles. The van der Waals surface area contributed by atoms with Crippen molar-refractivity contribution in [2.75, 3.05) is 38.2 Å². The van der Waals surface area contributed by atoms with Crippen molar-refractivity contribution in [3.8, 4) is 11.4 Å². The predicted molar refractivity (Wildman–Crippen MR) is 120 cm³/mol. The number of benzene rings is 2.